The van der Waals surface area contributed by atoms with Gasteiger partial charge in [0.2, 0.25) is 0 Å². The summed E-state index contributed by atoms with van der Waals surface area (Å²) in [5.74, 6) is -0.241. The molecule has 0 bridgehead atoms. The molecule has 86 valence electrons. The van der Waals surface area contributed by atoms with Gasteiger partial charge in [0.25, 0.3) is 0 Å². The van der Waals surface area contributed by atoms with Crippen molar-refractivity contribution in [1.82, 2.24) is 0 Å². The number of carbonyl (C=O) groups excluding carboxylic acids is 1. The van der Waals surface area contributed by atoms with Crippen molar-refractivity contribution in [1.29, 1.82) is 0 Å². The van der Waals surface area contributed by atoms with Crippen LogP contribution in [0.2, 0.25) is 0 Å². The van der Waals surface area contributed by atoms with Crippen LogP contribution in [0.1, 0.15) is 18.9 Å². The van der Waals surface area contributed by atoms with Crippen LogP contribution in [0.15, 0.2) is 24.3 Å². The molecule has 0 spiro atoms. The second kappa shape index (κ2) is 4.56. The highest BCUT2D eigenvalue weighted by molar-refractivity contribution is 5.73. The Morgan fingerprint density at radius 2 is 2.25 bits per heavy atom. The third kappa shape index (κ3) is 2.03. The smallest absolute Gasteiger partial charge is 0.310 e. The monoisotopic (exact) mass is 219 g/mol. The molecular formula is C13H17NO2. The quantitative estimate of drug-likeness (QED) is 0.775. The SMILES string of the molecule is COC(=O)C(C)C1CCc2ccccc2N1. The number of aryl methyl sites for hydroxylation is 1. The molecule has 0 aromatic heterocycles. The van der Waals surface area contributed by atoms with E-state index in [0.29, 0.717) is 0 Å². The molecule has 0 saturated carbocycles. The van der Waals surface area contributed by atoms with Crippen LogP contribution in [0, 0.1) is 5.92 Å². The number of anilines is 1. The molecule has 1 aliphatic rings. The van der Waals surface area contributed by atoms with Gasteiger partial charge < -0.3 is 10.1 Å². The highest BCUT2D eigenvalue weighted by Crippen LogP contribution is 2.27. The summed E-state index contributed by atoms with van der Waals surface area (Å²) in [6.45, 7) is 1.91. The minimum atomic E-state index is -0.142. The molecule has 1 aliphatic heterocycles. The highest BCUT2D eigenvalue weighted by Gasteiger charge is 2.27. The number of ether oxygens (including phenoxy) is 1. The minimum absolute atomic E-state index is 0.0987. The van der Waals surface area contributed by atoms with Gasteiger partial charge in [-0.15, -0.1) is 0 Å². The van der Waals surface area contributed by atoms with Gasteiger partial charge in [0, 0.05) is 11.7 Å². The lowest BCUT2D eigenvalue weighted by Crippen LogP contribution is -2.36. The summed E-state index contributed by atoms with van der Waals surface area (Å²) in [4.78, 5) is 11.5. The summed E-state index contributed by atoms with van der Waals surface area (Å²) in [6.07, 6.45) is 2.00. The fraction of sp³-hybridized carbons (Fsp3) is 0.462. The maximum Gasteiger partial charge on any atom is 0.310 e. The van der Waals surface area contributed by atoms with Crippen molar-refractivity contribution in [2.24, 2.45) is 5.92 Å². The van der Waals surface area contributed by atoms with E-state index in [1.807, 2.05) is 19.1 Å². The Balaban J connectivity index is 2.10. The molecule has 2 rings (SSSR count). The molecule has 0 aliphatic carbocycles. The van der Waals surface area contributed by atoms with Crippen molar-refractivity contribution in [3.8, 4) is 0 Å². The molecule has 2 unspecified atom stereocenters. The predicted molar refractivity (Wildman–Crippen MR) is 63.4 cm³/mol. The van der Waals surface area contributed by atoms with Crippen LogP contribution < -0.4 is 5.32 Å². The lowest BCUT2D eigenvalue weighted by atomic mass is 9.90. The van der Waals surface area contributed by atoms with Gasteiger partial charge in [-0.1, -0.05) is 18.2 Å². The number of nitrogens with one attached hydrogen (secondary N) is 1. The molecule has 3 heteroatoms. The molecule has 0 amide bonds. The molecular weight excluding hydrogens is 202 g/mol. The van der Waals surface area contributed by atoms with E-state index in [-0.39, 0.29) is 17.9 Å². The predicted octanol–water partition coefficient (Wildman–Crippen LogP) is 2.22. The number of esters is 1. The van der Waals surface area contributed by atoms with E-state index >= 15 is 0 Å². The maximum atomic E-state index is 11.5. The zero-order valence-electron chi connectivity index (χ0n) is 9.69. The van der Waals surface area contributed by atoms with Crippen molar-refractivity contribution in [2.45, 2.75) is 25.8 Å². The van der Waals surface area contributed by atoms with Crippen molar-refractivity contribution >= 4 is 11.7 Å². The first-order chi connectivity index (χ1) is 7.72. The van der Waals surface area contributed by atoms with Crippen LogP contribution in [-0.2, 0) is 16.0 Å². The maximum absolute atomic E-state index is 11.5. The highest BCUT2D eigenvalue weighted by atomic mass is 16.5. The van der Waals surface area contributed by atoms with Crippen molar-refractivity contribution in [3.05, 3.63) is 29.8 Å². The van der Waals surface area contributed by atoms with Gasteiger partial charge in [-0.05, 0) is 31.4 Å². The lowest BCUT2D eigenvalue weighted by molar-refractivity contribution is -0.145. The van der Waals surface area contributed by atoms with Crippen LogP contribution in [0.4, 0.5) is 5.69 Å². The number of rotatable bonds is 2. The van der Waals surface area contributed by atoms with E-state index < -0.39 is 0 Å². The van der Waals surface area contributed by atoms with Crippen molar-refractivity contribution < 1.29 is 9.53 Å². The zero-order valence-corrected chi connectivity index (χ0v) is 9.69. The number of carbonyl (C=O) groups is 1. The summed E-state index contributed by atoms with van der Waals surface area (Å²) in [5.41, 5.74) is 2.48. The Bertz CT molecular complexity index is 389. The second-order valence-corrected chi connectivity index (χ2v) is 4.26. The molecule has 16 heavy (non-hydrogen) atoms. The number of para-hydroxylation sites is 1. The van der Waals surface area contributed by atoms with Gasteiger partial charge in [0.15, 0.2) is 0 Å². The first-order valence-corrected chi connectivity index (χ1v) is 5.64. The van der Waals surface area contributed by atoms with Crippen LogP contribution in [0.3, 0.4) is 0 Å². The van der Waals surface area contributed by atoms with E-state index in [1.165, 1.54) is 12.7 Å². The minimum Gasteiger partial charge on any atom is -0.469 e. The van der Waals surface area contributed by atoms with E-state index in [0.717, 1.165) is 18.5 Å². The molecule has 0 radical (unpaired) electrons. The number of hydrogen-bond donors (Lipinski definition) is 1. The molecule has 1 heterocycles. The van der Waals surface area contributed by atoms with E-state index in [1.54, 1.807) is 0 Å². The van der Waals surface area contributed by atoms with Crippen LogP contribution in [-0.4, -0.2) is 19.1 Å². The largest absolute Gasteiger partial charge is 0.469 e. The van der Waals surface area contributed by atoms with Crippen molar-refractivity contribution in [3.63, 3.8) is 0 Å². The van der Waals surface area contributed by atoms with Gasteiger partial charge in [-0.25, -0.2) is 0 Å². The first-order valence-electron chi connectivity index (χ1n) is 5.64. The topological polar surface area (TPSA) is 38.3 Å². The van der Waals surface area contributed by atoms with E-state index in [2.05, 4.69) is 17.4 Å². The number of methoxy groups -OCH3 is 1. The summed E-state index contributed by atoms with van der Waals surface area (Å²) < 4.78 is 4.77. The number of hydrogen-bond acceptors (Lipinski definition) is 3. The van der Waals surface area contributed by atoms with Crippen LogP contribution in [0.25, 0.3) is 0 Å². The van der Waals surface area contributed by atoms with Crippen LogP contribution in [0.5, 0.6) is 0 Å². The Morgan fingerprint density at radius 1 is 1.50 bits per heavy atom. The second-order valence-electron chi connectivity index (χ2n) is 4.26. The Kier molecular flexibility index (Phi) is 3.13. The normalized spacial score (nSPS) is 20.5. The molecule has 0 saturated heterocycles. The van der Waals surface area contributed by atoms with E-state index in [9.17, 15) is 4.79 Å². The number of fused-ring (bicyclic) bond motifs is 1. The first kappa shape index (κ1) is 11.0. The average Bonchev–Trinajstić information content (AvgIpc) is 2.36. The standard InChI is InChI=1S/C13H17NO2/c1-9(13(15)16-2)11-8-7-10-5-3-4-6-12(10)14-11/h3-6,9,11,14H,7-8H2,1-2H3. The Morgan fingerprint density at radius 3 is 3.00 bits per heavy atom. The molecule has 1 N–H and O–H groups in total. The third-order valence-electron chi connectivity index (χ3n) is 3.26. The van der Waals surface area contributed by atoms with E-state index in [4.69, 9.17) is 4.74 Å². The Hall–Kier alpha value is -1.51. The molecule has 1 aromatic rings. The summed E-state index contributed by atoms with van der Waals surface area (Å²) in [5, 5.41) is 3.41. The molecule has 2 atom stereocenters. The van der Waals surface area contributed by atoms with Gasteiger partial charge in [-0.2, -0.15) is 0 Å². The summed E-state index contributed by atoms with van der Waals surface area (Å²) >= 11 is 0. The van der Waals surface area contributed by atoms with Gasteiger partial charge >= 0.3 is 5.97 Å². The fourth-order valence-corrected chi connectivity index (χ4v) is 2.19. The number of benzene rings is 1. The summed E-state index contributed by atoms with van der Waals surface area (Å²) in [7, 11) is 1.44. The fourth-order valence-electron chi connectivity index (χ4n) is 2.19. The summed E-state index contributed by atoms with van der Waals surface area (Å²) in [6, 6.07) is 8.43. The van der Waals surface area contributed by atoms with Crippen LogP contribution >= 0.6 is 0 Å². The Labute approximate surface area is 95.8 Å². The van der Waals surface area contributed by atoms with Gasteiger partial charge in [0.1, 0.15) is 0 Å². The zero-order chi connectivity index (χ0) is 11.5. The van der Waals surface area contributed by atoms with Gasteiger partial charge in [0.05, 0.1) is 13.0 Å². The molecule has 0 fully saturated rings. The average molecular weight is 219 g/mol. The van der Waals surface area contributed by atoms with Gasteiger partial charge in [-0.3, -0.25) is 4.79 Å². The molecule has 3 nitrogen and oxygen atoms in total. The lowest BCUT2D eigenvalue weighted by Gasteiger charge is -2.30. The molecule has 1 aromatic carbocycles. The third-order valence-corrected chi connectivity index (χ3v) is 3.26. The van der Waals surface area contributed by atoms with Crippen molar-refractivity contribution in [2.75, 3.05) is 12.4 Å².